The first-order valence-corrected chi connectivity index (χ1v) is 10.3. The molecule has 0 spiro atoms. The van der Waals surface area contributed by atoms with Crippen LogP contribution in [0, 0.1) is 17.3 Å². The fraction of sp³-hybridized carbons (Fsp3) is 0.381. The van der Waals surface area contributed by atoms with E-state index in [4.69, 9.17) is 16.3 Å². The SMILES string of the molecule is CSC(Cl)=CC1C(C(=O)OCc2cccc(Cc3ccc[nH]3)c2)C1(C)C. The lowest BCUT2D eigenvalue weighted by Crippen LogP contribution is -2.10. The zero-order valence-electron chi connectivity index (χ0n) is 15.3. The summed E-state index contributed by atoms with van der Waals surface area (Å²) in [5, 5.41) is 0. The van der Waals surface area contributed by atoms with Gasteiger partial charge in [0.05, 0.1) is 10.3 Å². The number of halogens is 1. The maximum absolute atomic E-state index is 12.5. The van der Waals surface area contributed by atoms with Crippen LogP contribution in [0.1, 0.15) is 30.7 Å². The number of carbonyl (C=O) groups excluding carboxylic acids is 1. The van der Waals surface area contributed by atoms with Crippen molar-refractivity contribution >= 4 is 29.3 Å². The van der Waals surface area contributed by atoms with Crippen LogP contribution in [0.2, 0.25) is 0 Å². The van der Waals surface area contributed by atoms with Crippen molar-refractivity contribution < 1.29 is 9.53 Å². The summed E-state index contributed by atoms with van der Waals surface area (Å²) in [5.41, 5.74) is 3.28. The maximum atomic E-state index is 12.5. The topological polar surface area (TPSA) is 42.1 Å². The molecule has 1 aliphatic rings. The van der Waals surface area contributed by atoms with E-state index in [1.54, 1.807) is 0 Å². The number of benzene rings is 1. The van der Waals surface area contributed by atoms with Gasteiger partial charge in [0, 0.05) is 18.3 Å². The minimum absolute atomic E-state index is 0.0948. The lowest BCUT2D eigenvalue weighted by atomic mass is 10.1. The molecule has 2 aromatic rings. The zero-order chi connectivity index (χ0) is 18.7. The number of rotatable bonds is 7. The van der Waals surface area contributed by atoms with Gasteiger partial charge in [-0.2, -0.15) is 0 Å². The van der Waals surface area contributed by atoms with Gasteiger partial charge in [-0.15, -0.1) is 11.8 Å². The standard InChI is InChI=1S/C21H24ClNO2S/c1-21(2)17(12-18(22)26-3)19(21)20(24)25-13-15-7-4-6-14(10-15)11-16-8-5-9-23-16/h4-10,12,17,19,23H,11,13H2,1-3H3. The van der Waals surface area contributed by atoms with Crippen LogP contribution in [0.15, 0.2) is 53.0 Å². The van der Waals surface area contributed by atoms with E-state index >= 15 is 0 Å². The van der Waals surface area contributed by atoms with E-state index in [-0.39, 0.29) is 23.2 Å². The maximum Gasteiger partial charge on any atom is 0.310 e. The summed E-state index contributed by atoms with van der Waals surface area (Å²) in [7, 11) is 0. The van der Waals surface area contributed by atoms with Gasteiger partial charge in [0.1, 0.15) is 6.61 Å². The number of carbonyl (C=O) groups is 1. The molecule has 0 radical (unpaired) electrons. The molecule has 2 atom stereocenters. The van der Waals surface area contributed by atoms with Crippen LogP contribution in [0.4, 0.5) is 0 Å². The third kappa shape index (κ3) is 4.36. The molecule has 1 aromatic carbocycles. The zero-order valence-corrected chi connectivity index (χ0v) is 16.9. The molecule has 5 heteroatoms. The number of thioether (sulfide) groups is 1. The monoisotopic (exact) mass is 389 g/mol. The molecule has 3 nitrogen and oxygen atoms in total. The molecule has 3 rings (SSSR count). The summed E-state index contributed by atoms with van der Waals surface area (Å²) < 4.78 is 6.33. The smallest absolute Gasteiger partial charge is 0.310 e. The number of esters is 1. The van der Waals surface area contributed by atoms with Crippen LogP contribution >= 0.6 is 23.4 Å². The summed E-state index contributed by atoms with van der Waals surface area (Å²) in [5.74, 6) is -0.115. The molecule has 0 amide bonds. The molecule has 1 fully saturated rings. The highest BCUT2D eigenvalue weighted by molar-refractivity contribution is 8.03. The van der Waals surface area contributed by atoms with Gasteiger partial charge in [-0.05, 0) is 40.8 Å². The Balaban J connectivity index is 1.58. The first-order valence-electron chi connectivity index (χ1n) is 8.70. The average Bonchev–Trinajstić information content (AvgIpc) is 2.96. The van der Waals surface area contributed by atoms with Crippen LogP contribution in [-0.4, -0.2) is 17.2 Å². The summed E-state index contributed by atoms with van der Waals surface area (Å²) >= 11 is 7.61. The molecule has 0 saturated heterocycles. The van der Waals surface area contributed by atoms with Gasteiger partial charge >= 0.3 is 5.97 Å². The Morgan fingerprint density at radius 2 is 2.08 bits per heavy atom. The van der Waals surface area contributed by atoms with Crippen molar-refractivity contribution in [2.75, 3.05) is 6.26 Å². The second kappa shape index (κ2) is 7.93. The number of aromatic nitrogens is 1. The van der Waals surface area contributed by atoms with E-state index in [1.807, 2.05) is 36.7 Å². The number of hydrogen-bond donors (Lipinski definition) is 1. The summed E-state index contributed by atoms with van der Waals surface area (Å²) in [6.07, 6.45) is 6.67. The number of aromatic amines is 1. The van der Waals surface area contributed by atoms with E-state index in [0.29, 0.717) is 6.61 Å². The van der Waals surface area contributed by atoms with Gasteiger partial charge in [0.25, 0.3) is 0 Å². The quantitative estimate of drug-likeness (QED) is 0.648. The van der Waals surface area contributed by atoms with E-state index in [0.717, 1.165) is 16.3 Å². The number of ether oxygens (including phenoxy) is 1. The first kappa shape index (κ1) is 19.1. The van der Waals surface area contributed by atoms with Gasteiger partial charge in [-0.25, -0.2) is 0 Å². The normalized spacial score (nSPS) is 21.5. The van der Waals surface area contributed by atoms with Gasteiger partial charge in [0.2, 0.25) is 0 Å². The highest BCUT2D eigenvalue weighted by Gasteiger charge is 2.61. The Bertz CT molecular complexity index is 798. The van der Waals surface area contributed by atoms with Crippen molar-refractivity contribution in [1.82, 2.24) is 4.98 Å². The third-order valence-electron chi connectivity index (χ3n) is 5.10. The number of hydrogen-bond acceptors (Lipinski definition) is 3. The van der Waals surface area contributed by atoms with Crippen molar-refractivity contribution in [2.45, 2.75) is 26.9 Å². The van der Waals surface area contributed by atoms with E-state index in [2.05, 4.69) is 37.0 Å². The van der Waals surface area contributed by atoms with E-state index < -0.39 is 0 Å². The third-order valence-corrected chi connectivity index (χ3v) is 6.21. The van der Waals surface area contributed by atoms with Crippen LogP contribution in [0.3, 0.4) is 0 Å². The summed E-state index contributed by atoms with van der Waals surface area (Å²) in [6, 6.07) is 12.2. The summed E-state index contributed by atoms with van der Waals surface area (Å²) in [4.78, 5) is 15.7. The van der Waals surface area contributed by atoms with Crippen LogP contribution in [0.25, 0.3) is 0 Å². The fourth-order valence-electron chi connectivity index (χ4n) is 3.42. The predicted octanol–water partition coefficient (Wildman–Crippen LogP) is 5.36. The molecular weight excluding hydrogens is 366 g/mol. The minimum Gasteiger partial charge on any atom is -0.461 e. The lowest BCUT2D eigenvalue weighted by Gasteiger charge is -2.07. The van der Waals surface area contributed by atoms with Crippen LogP contribution in [0.5, 0.6) is 0 Å². The molecule has 26 heavy (non-hydrogen) atoms. The average molecular weight is 390 g/mol. The molecule has 1 saturated carbocycles. The van der Waals surface area contributed by atoms with E-state index in [9.17, 15) is 4.79 Å². The predicted molar refractivity (Wildman–Crippen MR) is 108 cm³/mol. The van der Waals surface area contributed by atoms with Crippen molar-refractivity contribution in [3.8, 4) is 0 Å². The van der Waals surface area contributed by atoms with Crippen molar-refractivity contribution in [1.29, 1.82) is 0 Å². The summed E-state index contributed by atoms with van der Waals surface area (Å²) in [6.45, 7) is 4.47. The molecule has 1 aliphatic carbocycles. The lowest BCUT2D eigenvalue weighted by molar-refractivity contribution is -0.147. The Kier molecular flexibility index (Phi) is 5.83. The molecule has 0 aliphatic heterocycles. The Morgan fingerprint density at radius 1 is 1.31 bits per heavy atom. The molecule has 1 aromatic heterocycles. The molecule has 2 unspecified atom stereocenters. The van der Waals surface area contributed by atoms with Crippen LogP contribution < -0.4 is 0 Å². The first-order chi connectivity index (χ1) is 12.4. The Labute approximate surface area is 164 Å². The second-order valence-corrected chi connectivity index (χ2v) is 8.78. The van der Waals surface area contributed by atoms with Crippen LogP contribution in [-0.2, 0) is 22.6 Å². The van der Waals surface area contributed by atoms with Crippen molar-refractivity contribution in [3.63, 3.8) is 0 Å². The second-order valence-electron chi connectivity index (χ2n) is 7.30. The highest BCUT2D eigenvalue weighted by atomic mass is 35.5. The number of nitrogens with one attached hydrogen (secondary N) is 1. The van der Waals surface area contributed by atoms with E-state index in [1.165, 1.54) is 23.0 Å². The molecule has 1 N–H and O–H groups in total. The number of H-pyrrole nitrogens is 1. The molecular formula is C21H24ClNO2S. The fourth-order valence-corrected chi connectivity index (χ4v) is 3.84. The molecule has 1 heterocycles. The minimum atomic E-state index is -0.142. The molecule has 138 valence electrons. The highest BCUT2D eigenvalue weighted by Crippen LogP contribution is 2.60. The van der Waals surface area contributed by atoms with Gasteiger partial charge in [-0.3, -0.25) is 4.79 Å². The largest absolute Gasteiger partial charge is 0.461 e. The van der Waals surface area contributed by atoms with Gasteiger partial charge in [0.15, 0.2) is 0 Å². The Hall–Kier alpha value is -1.65. The molecule has 0 bridgehead atoms. The van der Waals surface area contributed by atoms with Gasteiger partial charge in [-0.1, -0.05) is 55.8 Å². The number of allylic oxidation sites excluding steroid dienone is 1. The van der Waals surface area contributed by atoms with Crippen molar-refractivity contribution in [2.24, 2.45) is 17.3 Å². The Morgan fingerprint density at radius 3 is 2.77 bits per heavy atom. The van der Waals surface area contributed by atoms with Gasteiger partial charge < -0.3 is 9.72 Å². The van der Waals surface area contributed by atoms with Crippen molar-refractivity contribution in [3.05, 3.63) is 69.9 Å².